The Hall–Kier alpha value is -5.05. The summed E-state index contributed by atoms with van der Waals surface area (Å²) in [6.45, 7) is 7.83. The lowest BCUT2D eigenvalue weighted by Crippen LogP contribution is -2.48. The van der Waals surface area contributed by atoms with Crippen LogP contribution >= 0.6 is 0 Å². The largest absolute Gasteiger partial charge is 0.497 e. The van der Waals surface area contributed by atoms with Gasteiger partial charge >= 0.3 is 6.09 Å². The van der Waals surface area contributed by atoms with E-state index < -0.39 is 49.9 Å². The van der Waals surface area contributed by atoms with E-state index in [4.69, 9.17) is 18.9 Å². The summed E-state index contributed by atoms with van der Waals surface area (Å²) in [7, 11) is -1.41. The number of hydrogen-bond donors (Lipinski definition) is 0. The minimum atomic E-state index is -4.47. The highest BCUT2D eigenvalue weighted by atomic mass is 32.2. The average Bonchev–Trinajstić information content (AvgIpc) is 3.47. The van der Waals surface area contributed by atoms with Crippen molar-refractivity contribution in [1.29, 1.82) is 0 Å². The molecule has 0 N–H and O–H groups in total. The second-order valence-corrected chi connectivity index (χ2v) is 16.1. The number of carbonyl (C=O) groups is 1. The molecule has 0 aliphatic carbocycles. The number of rotatable bonds is 11. The molecule has 1 saturated heterocycles. The molecule has 1 fully saturated rings. The van der Waals surface area contributed by atoms with Gasteiger partial charge in [0.05, 0.1) is 55.3 Å². The Morgan fingerprint density at radius 1 is 0.926 bits per heavy atom. The van der Waals surface area contributed by atoms with Gasteiger partial charge in [0.25, 0.3) is 0 Å². The van der Waals surface area contributed by atoms with Crippen LogP contribution in [0.4, 0.5) is 13.6 Å². The molecular weight excluding hydrogens is 719 g/mol. The number of imidazole rings is 1. The Morgan fingerprint density at radius 3 is 2.04 bits per heavy atom. The van der Waals surface area contributed by atoms with Crippen LogP contribution in [0.5, 0.6) is 11.5 Å². The van der Waals surface area contributed by atoms with Gasteiger partial charge in [-0.05, 0) is 92.9 Å². The summed E-state index contributed by atoms with van der Waals surface area (Å²) in [4.78, 5) is 18.5. The molecule has 3 aromatic carbocycles. The number of aryl methyl sites for hydroxylation is 1. The third-order valence-electron chi connectivity index (χ3n) is 9.02. The summed E-state index contributed by atoms with van der Waals surface area (Å²) in [5.41, 5.74) is 1.90. The average molecular weight is 763 g/mol. The lowest BCUT2D eigenvalue weighted by molar-refractivity contribution is -0.0418. The molecule has 1 atom stereocenters. The van der Waals surface area contributed by atoms with Crippen molar-refractivity contribution >= 4 is 21.8 Å². The molecule has 54 heavy (non-hydrogen) atoms. The molecule has 0 saturated carbocycles. The van der Waals surface area contributed by atoms with Crippen LogP contribution in [0.2, 0.25) is 0 Å². The Kier molecular flexibility index (Phi) is 11.3. The minimum Gasteiger partial charge on any atom is -0.497 e. The van der Waals surface area contributed by atoms with Crippen LogP contribution in [0.25, 0.3) is 16.9 Å². The maximum Gasteiger partial charge on any atom is 0.410 e. The normalized spacial score (nSPS) is 15.1. The molecule has 0 bridgehead atoms. The second kappa shape index (κ2) is 15.7. The Morgan fingerprint density at radius 2 is 1.50 bits per heavy atom. The predicted molar refractivity (Wildman–Crippen MR) is 199 cm³/mol. The number of methoxy groups -OCH3 is 2. The number of ether oxygens (including phenoxy) is 4. The molecule has 1 aliphatic heterocycles. The topological polar surface area (TPSA) is 112 Å². The Labute approximate surface area is 314 Å². The van der Waals surface area contributed by atoms with E-state index in [0.717, 1.165) is 17.7 Å². The maximum absolute atomic E-state index is 16.4. The molecule has 2 aromatic heterocycles. The van der Waals surface area contributed by atoms with Gasteiger partial charge in [-0.25, -0.2) is 27.0 Å². The van der Waals surface area contributed by atoms with Gasteiger partial charge in [0.1, 0.15) is 34.4 Å². The van der Waals surface area contributed by atoms with Crippen LogP contribution in [0.1, 0.15) is 43.2 Å². The molecular formula is C40H44F2N4O7S. The number of amides is 1. The highest BCUT2D eigenvalue weighted by Gasteiger charge is 2.33. The molecule has 5 aromatic rings. The van der Waals surface area contributed by atoms with Crippen molar-refractivity contribution in [3.8, 4) is 22.8 Å². The number of carbonyl (C=O) groups excluding carboxylic acids is 1. The number of pyridine rings is 1. The van der Waals surface area contributed by atoms with Gasteiger partial charge < -0.3 is 28.2 Å². The molecule has 1 aliphatic rings. The molecule has 0 radical (unpaired) electrons. The highest BCUT2D eigenvalue weighted by molar-refractivity contribution is 7.89. The first-order valence-corrected chi connectivity index (χ1v) is 18.9. The zero-order valence-electron chi connectivity index (χ0n) is 31.1. The van der Waals surface area contributed by atoms with Crippen molar-refractivity contribution in [2.24, 2.45) is 0 Å². The van der Waals surface area contributed by atoms with Gasteiger partial charge in [-0.3, -0.25) is 0 Å². The van der Waals surface area contributed by atoms with E-state index in [2.05, 4.69) is 4.98 Å². The van der Waals surface area contributed by atoms with Crippen LogP contribution in [0.15, 0.2) is 83.9 Å². The summed E-state index contributed by atoms with van der Waals surface area (Å²) in [6, 6.07) is 19.1. The Balaban J connectivity index is 1.36. The van der Waals surface area contributed by atoms with Crippen molar-refractivity contribution in [2.45, 2.75) is 63.8 Å². The standard InChI is InChI=1S/C40H44F2N4O7S/c1-26-15-16-46-35(20-31-25-44(17-18-52-31)39(47)53-40(2,3)4)38(43-36(46)19-26)37-33(41)21-32(22-34(37)42)54(48,49)45(23-27-7-11-29(50-5)12-8-27)24-28-9-13-30(51-6)14-10-28/h7-16,19,21-22,31H,17-18,20,23-25H2,1-6H3/t31-/m0/s1. The maximum atomic E-state index is 16.4. The minimum absolute atomic E-state index is 0.00543. The molecule has 14 heteroatoms. The highest BCUT2D eigenvalue weighted by Crippen LogP contribution is 2.34. The van der Waals surface area contributed by atoms with Crippen molar-refractivity contribution in [3.05, 3.63) is 113 Å². The first-order chi connectivity index (χ1) is 25.6. The predicted octanol–water partition coefficient (Wildman–Crippen LogP) is 7.17. The van der Waals surface area contributed by atoms with Crippen LogP contribution in [-0.2, 0) is 39.0 Å². The summed E-state index contributed by atoms with van der Waals surface area (Å²) >= 11 is 0. The zero-order valence-corrected chi connectivity index (χ0v) is 32.0. The van der Waals surface area contributed by atoms with Crippen LogP contribution in [0.3, 0.4) is 0 Å². The molecule has 11 nitrogen and oxygen atoms in total. The summed E-state index contributed by atoms with van der Waals surface area (Å²) < 4.78 is 86.3. The molecule has 3 heterocycles. The lowest BCUT2D eigenvalue weighted by Gasteiger charge is -2.34. The lowest BCUT2D eigenvalue weighted by atomic mass is 10.0. The number of fused-ring (bicyclic) bond motifs is 1. The summed E-state index contributed by atoms with van der Waals surface area (Å²) in [5.74, 6) is -0.993. The van der Waals surface area contributed by atoms with Crippen molar-refractivity contribution < 1.29 is 40.9 Å². The van der Waals surface area contributed by atoms with Gasteiger partial charge in [0, 0.05) is 32.3 Å². The van der Waals surface area contributed by atoms with Crippen LogP contribution in [-0.4, -0.2) is 78.7 Å². The fourth-order valence-corrected chi connectivity index (χ4v) is 7.75. The van der Waals surface area contributed by atoms with Crippen LogP contribution < -0.4 is 9.47 Å². The molecule has 286 valence electrons. The fourth-order valence-electron chi connectivity index (χ4n) is 6.31. The van der Waals surface area contributed by atoms with Crippen molar-refractivity contribution in [3.63, 3.8) is 0 Å². The smallest absolute Gasteiger partial charge is 0.410 e. The molecule has 1 amide bonds. The second-order valence-electron chi connectivity index (χ2n) is 14.2. The number of morpholine rings is 1. The Bertz CT molecular complexity index is 2170. The third-order valence-corrected chi connectivity index (χ3v) is 10.8. The SMILES string of the molecule is COc1ccc(CN(Cc2ccc(OC)cc2)S(=O)(=O)c2cc(F)c(-c3nc4cc(C)ccn4c3C[C@H]3CN(C(=O)OC(C)(C)C)CCO3)c(F)c2)cc1. The summed E-state index contributed by atoms with van der Waals surface area (Å²) in [6.07, 6.45) is 0.888. The zero-order chi connectivity index (χ0) is 38.8. The van der Waals surface area contributed by atoms with Crippen molar-refractivity contribution in [2.75, 3.05) is 33.9 Å². The number of nitrogens with zero attached hydrogens (tertiary/aromatic N) is 4. The van der Waals surface area contributed by atoms with E-state index in [0.29, 0.717) is 40.5 Å². The van der Waals surface area contributed by atoms with E-state index in [9.17, 15) is 13.2 Å². The van der Waals surface area contributed by atoms with E-state index >= 15 is 8.78 Å². The van der Waals surface area contributed by atoms with Gasteiger partial charge in [-0.15, -0.1) is 0 Å². The number of sulfonamides is 1. The number of aromatic nitrogens is 2. The van der Waals surface area contributed by atoms with Crippen LogP contribution in [0, 0.1) is 18.6 Å². The third kappa shape index (κ3) is 8.67. The van der Waals surface area contributed by atoms with E-state index in [-0.39, 0.29) is 38.4 Å². The number of halogens is 2. The van der Waals surface area contributed by atoms with Crippen molar-refractivity contribution in [1.82, 2.24) is 18.6 Å². The van der Waals surface area contributed by atoms with Gasteiger partial charge in [0.2, 0.25) is 10.0 Å². The van der Waals surface area contributed by atoms with Gasteiger partial charge in [-0.2, -0.15) is 4.31 Å². The number of hydrogen-bond acceptors (Lipinski definition) is 8. The summed E-state index contributed by atoms with van der Waals surface area (Å²) in [5, 5.41) is 0. The fraction of sp³-hybridized carbons (Fsp3) is 0.350. The first-order valence-electron chi connectivity index (χ1n) is 17.5. The number of benzene rings is 3. The van der Waals surface area contributed by atoms with E-state index in [1.165, 1.54) is 18.5 Å². The molecule has 6 rings (SSSR count). The molecule has 0 unspecified atom stereocenters. The van der Waals surface area contributed by atoms with E-state index in [1.54, 1.807) is 90.9 Å². The monoisotopic (exact) mass is 762 g/mol. The van der Waals surface area contributed by atoms with E-state index in [1.807, 2.05) is 13.0 Å². The first kappa shape index (κ1) is 38.7. The van der Waals surface area contributed by atoms with Gasteiger partial charge in [-0.1, -0.05) is 24.3 Å². The molecule has 0 spiro atoms. The quantitative estimate of drug-likeness (QED) is 0.139. The van der Waals surface area contributed by atoms with Gasteiger partial charge in [0.15, 0.2) is 0 Å².